The van der Waals surface area contributed by atoms with E-state index in [0.717, 1.165) is 39.9 Å². The van der Waals surface area contributed by atoms with Crippen LogP contribution in [0, 0.1) is 12.3 Å². The fraction of sp³-hybridized carbons (Fsp3) is 0.452. The van der Waals surface area contributed by atoms with Gasteiger partial charge in [0.1, 0.15) is 5.75 Å². The van der Waals surface area contributed by atoms with Gasteiger partial charge in [0, 0.05) is 49.2 Å². The number of piperazine rings is 1. The number of likely N-dealkylation sites (N-methyl/N-ethyl adjacent to an activating group) is 1. The number of aryl methyl sites for hydroxylation is 1. The molecule has 1 aromatic heterocycles. The van der Waals surface area contributed by atoms with E-state index in [1.54, 1.807) is 13.3 Å². The van der Waals surface area contributed by atoms with Crippen LogP contribution >= 0.6 is 23.1 Å². The number of nitrogens with one attached hydrogen (secondary N) is 2. The number of carbonyl (C=O) groups is 2. The maximum Gasteiger partial charge on any atom is 0.257 e. The minimum absolute atomic E-state index is 0.0143. The van der Waals surface area contributed by atoms with Crippen molar-refractivity contribution in [2.75, 3.05) is 45.7 Å². The summed E-state index contributed by atoms with van der Waals surface area (Å²) >= 11 is 2.94. The van der Waals surface area contributed by atoms with Crippen LogP contribution in [-0.4, -0.2) is 73.0 Å². The number of nitrogens with zero attached hydrogens (tertiary/aromatic N) is 3. The van der Waals surface area contributed by atoms with Crippen molar-refractivity contribution in [2.45, 2.75) is 56.3 Å². The summed E-state index contributed by atoms with van der Waals surface area (Å²) in [5.74, 6) is 0.372. The van der Waals surface area contributed by atoms with E-state index >= 15 is 0 Å². The molecule has 2 N–H and O–H groups in total. The van der Waals surface area contributed by atoms with Crippen LogP contribution in [0.3, 0.4) is 0 Å². The SMILES string of the molecule is COc1cc(C)c(Sc2cnc(NC(=O)c3ccc(CNC(C)C(C)(C)C)cc3)s2)cc1C(=O)N1CCN(C)CC1. The van der Waals surface area contributed by atoms with Crippen molar-refractivity contribution in [3.05, 3.63) is 64.8 Å². The zero-order valence-corrected chi connectivity index (χ0v) is 26.7. The average molecular weight is 596 g/mol. The van der Waals surface area contributed by atoms with E-state index in [-0.39, 0.29) is 17.2 Å². The lowest BCUT2D eigenvalue weighted by molar-refractivity contribution is 0.0660. The van der Waals surface area contributed by atoms with Gasteiger partial charge in [-0.25, -0.2) is 4.98 Å². The minimum Gasteiger partial charge on any atom is -0.496 e. The molecule has 8 nitrogen and oxygen atoms in total. The second kappa shape index (κ2) is 13.4. The topological polar surface area (TPSA) is 86.8 Å². The van der Waals surface area contributed by atoms with Crippen LogP contribution in [-0.2, 0) is 6.54 Å². The van der Waals surface area contributed by atoms with Gasteiger partial charge in [-0.3, -0.25) is 14.9 Å². The van der Waals surface area contributed by atoms with Gasteiger partial charge in [0.2, 0.25) is 0 Å². The van der Waals surface area contributed by atoms with Crippen molar-refractivity contribution in [1.82, 2.24) is 20.1 Å². The van der Waals surface area contributed by atoms with E-state index in [1.807, 2.05) is 48.2 Å². The van der Waals surface area contributed by atoms with Gasteiger partial charge in [-0.1, -0.05) is 56.0 Å². The molecule has 0 spiro atoms. The summed E-state index contributed by atoms with van der Waals surface area (Å²) in [5, 5.41) is 6.99. The molecule has 2 amide bonds. The number of hydrogen-bond acceptors (Lipinski definition) is 8. The molecule has 1 saturated heterocycles. The molecular formula is C31H41N5O3S2. The largest absolute Gasteiger partial charge is 0.496 e. The summed E-state index contributed by atoms with van der Waals surface area (Å²) in [4.78, 5) is 35.7. The van der Waals surface area contributed by atoms with E-state index in [2.05, 4.69) is 55.3 Å². The number of carbonyl (C=O) groups excluding carboxylic acids is 2. The quantitative estimate of drug-likeness (QED) is 0.325. The van der Waals surface area contributed by atoms with E-state index in [4.69, 9.17) is 4.74 Å². The standard InChI is InChI=1S/C31H41N5O3S2/c1-20-16-25(39-7)24(29(38)36-14-12-35(6)13-15-36)17-26(20)40-27-19-33-30(41-27)34-28(37)23-10-8-22(9-11-23)18-32-21(2)31(3,4)5/h8-11,16-17,19,21,32H,12-15,18H2,1-7H3,(H,33,34,37). The van der Waals surface area contributed by atoms with Gasteiger partial charge in [-0.15, -0.1) is 0 Å². The second-order valence-corrected chi connectivity index (χ2v) is 14.0. The first-order valence-corrected chi connectivity index (χ1v) is 15.5. The van der Waals surface area contributed by atoms with Crippen molar-refractivity contribution in [3.63, 3.8) is 0 Å². The molecule has 2 aromatic carbocycles. The minimum atomic E-state index is -0.195. The zero-order valence-electron chi connectivity index (χ0n) is 25.0. The Hall–Kier alpha value is -2.92. The van der Waals surface area contributed by atoms with Crippen LogP contribution in [0.25, 0.3) is 0 Å². The molecule has 2 heterocycles. The van der Waals surface area contributed by atoms with Crippen molar-refractivity contribution >= 4 is 40.0 Å². The highest BCUT2D eigenvalue weighted by Gasteiger charge is 2.24. The first-order chi connectivity index (χ1) is 19.4. The van der Waals surface area contributed by atoms with E-state index in [1.165, 1.54) is 23.1 Å². The smallest absolute Gasteiger partial charge is 0.257 e. The third-order valence-corrected chi connectivity index (χ3v) is 9.73. The fourth-order valence-corrected chi connectivity index (χ4v) is 6.22. The molecule has 1 unspecified atom stereocenters. The molecule has 1 aliphatic heterocycles. The predicted molar refractivity (Wildman–Crippen MR) is 168 cm³/mol. The van der Waals surface area contributed by atoms with Crippen LogP contribution in [0.4, 0.5) is 5.13 Å². The molecule has 0 bridgehead atoms. The third-order valence-electron chi connectivity index (χ3n) is 7.56. The van der Waals surface area contributed by atoms with Gasteiger partial charge in [0.25, 0.3) is 11.8 Å². The molecule has 41 heavy (non-hydrogen) atoms. The molecular weight excluding hydrogens is 555 g/mol. The highest BCUT2D eigenvalue weighted by Crippen LogP contribution is 2.38. The Labute approximate surface area is 251 Å². The average Bonchev–Trinajstić information content (AvgIpc) is 3.38. The summed E-state index contributed by atoms with van der Waals surface area (Å²) in [7, 11) is 3.66. The van der Waals surface area contributed by atoms with Gasteiger partial charge in [0.15, 0.2) is 5.13 Å². The van der Waals surface area contributed by atoms with Crippen LogP contribution in [0.15, 0.2) is 51.7 Å². The van der Waals surface area contributed by atoms with Gasteiger partial charge < -0.3 is 19.9 Å². The fourth-order valence-electron chi connectivity index (χ4n) is 4.28. The number of anilines is 1. The maximum absolute atomic E-state index is 13.3. The van der Waals surface area contributed by atoms with Gasteiger partial charge in [-0.2, -0.15) is 0 Å². The molecule has 10 heteroatoms. The Kier molecular flexibility index (Phi) is 10.1. The monoisotopic (exact) mass is 595 g/mol. The summed E-state index contributed by atoms with van der Waals surface area (Å²) in [5.41, 5.74) is 3.47. The van der Waals surface area contributed by atoms with Crippen molar-refractivity contribution < 1.29 is 14.3 Å². The van der Waals surface area contributed by atoms with Crippen molar-refractivity contribution in [3.8, 4) is 5.75 Å². The Bertz CT molecular complexity index is 1360. The van der Waals surface area contributed by atoms with Crippen LogP contribution in [0.5, 0.6) is 5.75 Å². The Morgan fingerprint density at radius 3 is 2.44 bits per heavy atom. The number of thiazole rings is 1. The first-order valence-electron chi connectivity index (χ1n) is 13.9. The first kappa shape index (κ1) is 31.0. The lowest BCUT2D eigenvalue weighted by Crippen LogP contribution is -2.47. The van der Waals surface area contributed by atoms with Crippen molar-refractivity contribution in [2.24, 2.45) is 5.41 Å². The number of aromatic nitrogens is 1. The molecule has 0 radical (unpaired) electrons. The van der Waals surface area contributed by atoms with Crippen LogP contribution in [0.1, 0.15) is 59.5 Å². The number of rotatable bonds is 9. The summed E-state index contributed by atoms with van der Waals surface area (Å²) in [6, 6.07) is 11.8. The molecule has 0 saturated carbocycles. The lowest BCUT2D eigenvalue weighted by Gasteiger charge is -2.32. The lowest BCUT2D eigenvalue weighted by atomic mass is 9.88. The Morgan fingerprint density at radius 1 is 1.12 bits per heavy atom. The number of hydrogen-bond donors (Lipinski definition) is 2. The van der Waals surface area contributed by atoms with Gasteiger partial charge in [-0.05, 0) is 61.7 Å². The zero-order chi connectivity index (χ0) is 29.7. The third kappa shape index (κ3) is 8.09. The van der Waals surface area contributed by atoms with E-state index in [0.29, 0.717) is 41.1 Å². The highest BCUT2D eigenvalue weighted by molar-refractivity contribution is 8.01. The number of benzene rings is 2. The van der Waals surface area contributed by atoms with Crippen LogP contribution in [0.2, 0.25) is 0 Å². The van der Waals surface area contributed by atoms with Crippen LogP contribution < -0.4 is 15.4 Å². The van der Waals surface area contributed by atoms with E-state index < -0.39 is 0 Å². The molecule has 4 rings (SSSR count). The normalized spacial score (nSPS) is 15.0. The summed E-state index contributed by atoms with van der Waals surface area (Å²) in [6.07, 6.45) is 1.75. The number of amides is 2. The number of ether oxygens (including phenoxy) is 1. The predicted octanol–water partition coefficient (Wildman–Crippen LogP) is 5.78. The van der Waals surface area contributed by atoms with Crippen molar-refractivity contribution in [1.29, 1.82) is 0 Å². The molecule has 1 fully saturated rings. The highest BCUT2D eigenvalue weighted by atomic mass is 32.2. The second-order valence-electron chi connectivity index (χ2n) is 11.6. The maximum atomic E-state index is 13.3. The van der Waals surface area contributed by atoms with E-state index in [9.17, 15) is 9.59 Å². The Balaban J connectivity index is 1.39. The summed E-state index contributed by atoms with van der Waals surface area (Å²) in [6.45, 7) is 14.7. The molecule has 1 atom stereocenters. The van der Waals surface area contributed by atoms with Gasteiger partial charge >= 0.3 is 0 Å². The van der Waals surface area contributed by atoms with Gasteiger partial charge in [0.05, 0.1) is 23.1 Å². The molecule has 0 aliphatic carbocycles. The number of methoxy groups -OCH3 is 1. The molecule has 1 aliphatic rings. The molecule has 220 valence electrons. The Morgan fingerprint density at radius 2 is 1.80 bits per heavy atom. The summed E-state index contributed by atoms with van der Waals surface area (Å²) < 4.78 is 6.49. The molecule has 3 aromatic rings.